The molecule has 0 saturated carbocycles. The van der Waals surface area contributed by atoms with Gasteiger partial charge in [0.2, 0.25) is 5.91 Å². The van der Waals surface area contributed by atoms with Gasteiger partial charge in [-0.05, 0) is 22.9 Å². The average molecular weight is 371 g/mol. The standard InChI is InChI=1S/C12H15BrN6O3/c1-2-18-11(10(13)6-16-18)7-14-12(20)3-4-17-8-9(5-15-17)19(21)22/h5-6,8H,2-4,7H2,1H3,(H,14,20). The van der Waals surface area contributed by atoms with Crippen molar-refractivity contribution < 1.29 is 9.72 Å². The Morgan fingerprint density at radius 1 is 1.45 bits per heavy atom. The van der Waals surface area contributed by atoms with Crippen LogP contribution in [0.4, 0.5) is 5.69 Å². The largest absolute Gasteiger partial charge is 0.350 e. The molecule has 22 heavy (non-hydrogen) atoms. The van der Waals surface area contributed by atoms with Gasteiger partial charge in [-0.2, -0.15) is 10.2 Å². The zero-order chi connectivity index (χ0) is 16.1. The first-order chi connectivity index (χ1) is 10.5. The van der Waals surface area contributed by atoms with Crippen LogP contribution in [0.5, 0.6) is 0 Å². The molecule has 0 saturated heterocycles. The minimum absolute atomic E-state index is 0.0869. The van der Waals surface area contributed by atoms with Gasteiger partial charge in [0.25, 0.3) is 0 Å². The number of hydrogen-bond acceptors (Lipinski definition) is 5. The van der Waals surface area contributed by atoms with Crippen LogP contribution in [0.3, 0.4) is 0 Å². The molecule has 2 aromatic heterocycles. The molecule has 2 heterocycles. The summed E-state index contributed by atoms with van der Waals surface area (Å²) in [6, 6.07) is 0. The number of nitrogens with one attached hydrogen (secondary N) is 1. The number of rotatable bonds is 7. The van der Waals surface area contributed by atoms with E-state index in [2.05, 4.69) is 31.4 Å². The highest BCUT2D eigenvalue weighted by atomic mass is 79.9. The predicted molar refractivity (Wildman–Crippen MR) is 80.9 cm³/mol. The smallest absolute Gasteiger partial charge is 0.306 e. The topological polar surface area (TPSA) is 108 Å². The third-order valence-corrected chi connectivity index (χ3v) is 3.71. The van der Waals surface area contributed by atoms with Gasteiger partial charge in [-0.1, -0.05) is 0 Å². The summed E-state index contributed by atoms with van der Waals surface area (Å²) >= 11 is 3.39. The van der Waals surface area contributed by atoms with E-state index in [1.54, 1.807) is 10.9 Å². The van der Waals surface area contributed by atoms with Crippen molar-refractivity contribution in [1.82, 2.24) is 24.9 Å². The summed E-state index contributed by atoms with van der Waals surface area (Å²) in [6.07, 6.45) is 4.34. The lowest BCUT2D eigenvalue weighted by atomic mass is 10.3. The second kappa shape index (κ2) is 7.16. The molecular weight excluding hydrogens is 356 g/mol. The predicted octanol–water partition coefficient (Wildman–Crippen LogP) is 1.48. The van der Waals surface area contributed by atoms with E-state index in [-0.39, 0.29) is 24.6 Å². The molecule has 0 unspecified atom stereocenters. The molecular formula is C12H15BrN6O3. The van der Waals surface area contributed by atoms with Gasteiger partial charge in [0, 0.05) is 19.5 Å². The zero-order valence-corrected chi connectivity index (χ0v) is 13.5. The van der Waals surface area contributed by atoms with E-state index in [9.17, 15) is 14.9 Å². The van der Waals surface area contributed by atoms with Gasteiger partial charge in [0.1, 0.15) is 12.4 Å². The number of aryl methyl sites for hydroxylation is 2. The molecule has 0 spiro atoms. The van der Waals surface area contributed by atoms with Crippen molar-refractivity contribution in [3.8, 4) is 0 Å². The van der Waals surface area contributed by atoms with Crippen LogP contribution in [0.25, 0.3) is 0 Å². The number of halogens is 1. The zero-order valence-electron chi connectivity index (χ0n) is 11.9. The van der Waals surface area contributed by atoms with Crippen molar-refractivity contribution in [2.45, 2.75) is 33.0 Å². The first kappa shape index (κ1) is 16.1. The summed E-state index contributed by atoms with van der Waals surface area (Å²) in [6.45, 7) is 3.34. The van der Waals surface area contributed by atoms with Crippen molar-refractivity contribution in [2.75, 3.05) is 0 Å². The number of carbonyl (C=O) groups is 1. The molecule has 0 aliphatic heterocycles. The molecule has 2 rings (SSSR count). The molecule has 2 aromatic rings. The van der Waals surface area contributed by atoms with E-state index in [1.807, 2.05) is 6.92 Å². The molecule has 0 aromatic carbocycles. The number of nitrogens with zero attached hydrogens (tertiary/aromatic N) is 5. The normalized spacial score (nSPS) is 10.6. The van der Waals surface area contributed by atoms with E-state index in [0.29, 0.717) is 13.1 Å². The number of nitro groups is 1. The third kappa shape index (κ3) is 3.91. The Bertz CT molecular complexity index is 680. The lowest BCUT2D eigenvalue weighted by Crippen LogP contribution is -2.25. The van der Waals surface area contributed by atoms with Crippen molar-refractivity contribution in [1.29, 1.82) is 0 Å². The van der Waals surface area contributed by atoms with E-state index in [1.165, 1.54) is 10.9 Å². The van der Waals surface area contributed by atoms with E-state index in [4.69, 9.17) is 0 Å². The number of carbonyl (C=O) groups excluding carboxylic acids is 1. The van der Waals surface area contributed by atoms with Gasteiger partial charge < -0.3 is 5.32 Å². The Kier molecular flexibility index (Phi) is 5.26. The average Bonchev–Trinajstić information content (AvgIpc) is 3.09. The van der Waals surface area contributed by atoms with Gasteiger partial charge >= 0.3 is 5.69 Å². The van der Waals surface area contributed by atoms with E-state index >= 15 is 0 Å². The maximum atomic E-state index is 11.8. The molecule has 0 aliphatic carbocycles. The molecule has 1 N–H and O–H groups in total. The fraction of sp³-hybridized carbons (Fsp3) is 0.417. The maximum Gasteiger partial charge on any atom is 0.306 e. The number of aromatic nitrogens is 4. The fourth-order valence-corrected chi connectivity index (χ4v) is 2.33. The van der Waals surface area contributed by atoms with E-state index < -0.39 is 4.92 Å². The number of hydrogen-bond donors (Lipinski definition) is 1. The SMILES string of the molecule is CCn1ncc(Br)c1CNC(=O)CCn1cc([N+](=O)[O-])cn1. The molecule has 0 radical (unpaired) electrons. The summed E-state index contributed by atoms with van der Waals surface area (Å²) in [5.74, 6) is -0.158. The maximum absolute atomic E-state index is 11.8. The van der Waals surface area contributed by atoms with Crippen LogP contribution in [0.15, 0.2) is 23.1 Å². The molecule has 1 amide bonds. The highest BCUT2D eigenvalue weighted by Crippen LogP contribution is 2.15. The van der Waals surface area contributed by atoms with Gasteiger partial charge in [-0.25, -0.2) is 0 Å². The van der Waals surface area contributed by atoms with Crippen molar-refractivity contribution in [3.05, 3.63) is 38.9 Å². The quantitative estimate of drug-likeness (QED) is 0.586. The number of amides is 1. The van der Waals surface area contributed by atoms with Gasteiger partial charge in [0.05, 0.1) is 27.8 Å². The summed E-state index contributed by atoms with van der Waals surface area (Å²) in [5, 5.41) is 21.3. The van der Waals surface area contributed by atoms with Crippen LogP contribution in [0, 0.1) is 10.1 Å². The third-order valence-electron chi connectivity index (χ3n) is 3.05. The second-order valence-electron chi connectivity index (χ2n) is 4.50. The summed E-state index contributed by atoms with van der Waals surface area (Å²) < 4.78 is 4.02. The first-order valence-corrected chi connectivity index (χ1v) is 7.44. The summed E-state index contributed by atoms with van der Waals surface area (Å²) in [5.41, 5.74) is 0.807. The molecule has 118 valence electrons. The Morgan fingerprint density at radius 2 is 2.23 bits per heavy atom. The highest BCUT2D eigenvalue weighted by molar-refractivity contribution is 9.10. The van der Waals surface area contributed by atoms with Crippen LogP contribution >= 0.6 is 15.9 Å². The van der Waals surface area contributed by atoms with Crippen molar-refractivity contribution in [3.63, 3.8) is 0 Å². The van der Waals surface area contributed by atoms with Crippen molar-refractivity contribution >= 4 is 27.5 Å². The second-order valence-corrected chi connectivity index (χ2v) is 5.35. The molecule has 0 atom stereocenters. The Hall–Kier alpha value is -2.23. The fourth-order valence-electron chi connectivity index (χ4n) is 1.89. The van der Waals surface area contributed by atoms with Gasteiger partial charge in [-0.3, -0.25) is 24.3 Å². The van der Waals surface area contributed by atoms with Crippen LogP contribution in [0.1, 0.15) is 19.0 Å². The van der Waals surface area contributed by atoms with Crippen LogP contribution in [-0.2, 0) is 24.4 Å². The molecule has 0 fully saturated rings. The van der Waals surface area contributed by atoms with Crippen LogP contribution in [0.2, 0.25) is 0 Å². The van der Waals surface area contributed by atoms with Crippen molar-refractivity contribution in [2.24, 2.45) is 0 Å². The van der Waals surface area contributed by atoms with Gasteiger partial charge in [0.15, 0.2) is 0 Å². The Balaban J connectivity index is 1.82. The molecule has 9 nitrogen and oxygen atoms in total. The Labute approximate surface area is 134 Å². The Morgan fingerprint density at radius 3 is 2.86 bits per heavy atom. The van der Waals surface area contributed by atoms with Crippen LogP contribution in [-0.4, -0.2) is 30.4 Å². The van der Waals surface area contributed by atoms with Crippen LogP contribution < -0.4 is 5.32 Å². The van der Waals surface area contributed by atoms with E-state index in [0.717, 1.165) is 16.4 Å². The first-order valence-electron chi connectivity index (χ1n) is 6.65. The monoisotopic (exact) mass is 370 g/mol. The van der Waals surface area contributed by atoms with Gasteiger partial charge in [-0.15, -0.1) is 0 Å². The molecule has 0 aliphatic rings. The minimum atomic E-state index is -0.521. The lowest BCUT2D eigenvalue weighted by Gasteiger charge is -2.08. The molecule has 10 heteroatoms. The summed E-state index contributed by atoms with van der Waals surface area (Å²) in [7, 11) is 0. The summed E-state index contributed by atoms with van der Waals surface area (Å²) in [4.78, 5) is 21.9. The highest BCUT2D eigenvalue weighted by Gasteiger charge is 2.11. The minimum Gasteiger partial charge on any atom is -0.350 e. The lowest BCUT2D eigenvalue weighted by molar-refractivity contribution is -0.385. The molecule has 0 bridgehead atoms.